The third kappa shape index (κ3) is 9.11. The number of carbonyl (C=O) groups excluding carboxylic acids is 1. The van der Waals surface area contributed by atoms with Gasteiger partial charge in [-0.25, -0.2) is 5.43 Å². The van der Waals surface area contributed by atoms with E-state index in [0.717, 1.165) is 31.2 Å². The highest BCUT2D eigenvalue weighted by atomic mass is 16.5. The SMILES string of the molecule is CCCCCCOc1ccc(/C=N/NC(=O)COc2ccc(CCC)cc2)cc1OC. The van der Waals surface area contributed by atoms with Crippen LogP contribution in [0, 0.1) is 0 Å². The molecule has 2 aromatic rings. The molecule has 0 bridgehead atoms. The number of hydrogen-bond acceptors (Lipinski definition) is 5. The van der Waals surface area contributed by atoms with Gasteiger partial charge in [0.05, 0.1) is 19.9 Å². The number of benzene rings is 2. The first kappa shape index (κ1) is 24.3. The third-order valence-corrected chi connectivity index (χ3v) is 4.68. The second-order valence-corrected chi connectivity index (χ2v) is 7.30. The maximum absolute atomic E-state index is 12.0. The number of ether oxygens (including phenoxy) is 3. The summed E-state index contributed by atoms with van der Waals surface area (Å²) in [6, 6.07) is 13.3. The fourth-order valence-electron chi connectivity index (χ4n) is 3.00. The number of aryl methyl sites for hydroxylation is 1. The Morgan fingerprint density at radius 1 is 0.968 bits per heavy atom. The Balaban J connectivity index is 1.78. The average molecular weight is 427 g/mol. The van der Waals surface area contributed by atoms with Gasteiger partial charge in [-0.1, -0.05) is 51.7 Å². The Kier molecular flexibility index (Phi) is 11.0. The summed E-state index contributed by atoms with van der Waals surface area (Å²) >= 11 is 0. The largest absolute Gasteiger partial charge is 0.493 e. The van der Waals surface area contributed by atoms with Gasteiger partial charge in [-0.15, -0.1) is 0 Å². The van der Waals surface area contributed by atoms with Crippen molar-refractivity contribution in [3.8, 4) is 17.2 Å². The summed E-state index contributed by atoms with van der Waals surface area (Å²) in [5.74, 6) is 1.68. The van der Waals surface area contributed by atoms with Crippen LogP contribution in [0.25, 0.3) is 0 Å². The average Bonchev–Trinajstić information content (AvgIpc) is 2.79. The van der Waals surface area contributed by atoms with E-state index in [1.165, 1.54) is 18.4 Å². The van der Waals surface area contributed by atoms with Gasteiger partial charge in [0, 0.05) is 0 Å². The van der Waals surface area contributed by atoms with Crippen LogP contribution in [0.3, 0.4) is 0 Å². The van der Waals surface area contributed by atoms with Gasteiger partial charge in [-0.2, -0.15) is 5.10 Å². The maximum Gasteiger partial charge on any atom is 0.277 e. The van der Waals surface area contributed by atoms with Gasteiger partial charge in [0.2, 0.25) is 0 Å². The summed E-state index contributed by atoms with van der Waals surface area (Å²) in [5.41, 5.74) is 4.52. The second kappa shape index (κ2) is 14.1. The van der Waals surface area contributed by atoms with Crippen molar-refractivity contribution in [1.29, 1.82) is 0 Å². The molecule has 0 aromatic heterocycles. The van der Waals surface area contributed by atoms with Crippen LogP contribution in [0.5, 0.6) is 17.2 Å². The molecule has 0 atom stereocenters. The fraction of sp³-hybridized carbons (Fsp3) is 0.440. The van der Waals surface area contributed by atoms with E-state index < -0.39 is 0 Å². The molecular formula is C25H34N2O4. The van der Waals surface area contributed by atoms with Gasteiger partial charge >= 0.3 is 0 Å². The highest BCUT2D eigenvalue weighted by Gasteiger charge is 2.06. The van der Waals surface area contributed by atoms with E-state index >= 15 is 0 Å². The van der Waals surface area contributed by atoms with Crippen LogP contribution < -0.4 is 19.6 Å². The van der Waals surface area contributed by atoms with E-state index in [2.05, 4.69) is 24.4 Å². The zero-order valence-electron chi connectivity index (χ0n) is 18.9. The molecule has 2 rings (SSSR count). The van der Waals surface area contributed by atoms with Crippen molar-refractivity contribution in [3.05, 3.63) is 53.6 Å². The number of rotatable bonds is 14. The van der Waals surface area contributed by atoms with Crippen LogP contribution in [0.1, 0.15) is 57.1 Å². The van der Waals surface area contributed by atoms with E-state index in [1.54, 1.807) is 13.3 Å². The maximum atomic E-state index is 12.0. The Morgan fingerprint density at radius 2 is 1.77 bits per heavy atom. The monoisotopic (exact) mass is 426 g/mol. The van der Waals surface area contributed by atoms with Gasteiger partial charge in [0.25, 0.3) is 5.91 Å². The highest BCUT2D eigenvalue weighted by Crippen LogP contribution is 2.27. The van der Waals surface area contributed by atoms with Gasteiger partial charge in [-0.3, -0.25) is 4.79 Å². The van der Waals surface area contributed by atoms with Crippen molar-refractivity contribution in [2.24, 2.45) is 5.10 Å². The van der Waals surface area contributed by atoms with Crippen molar-refractivity contribution >= 4 is 12.1 Å². The van der Waals surface area contributed by atoms with Crippen molar-refractivity contribution in [2.75, 3.05) is 20.3 Å². The molecule has 1 N–H and O–H groups in total. The topological polar surface area (TPSA) is 69.2 Å². The molecule has 6 nitrogen and oxygen atoms in total. The van der Waals surface area contributed by atoms with Crippen LogP contribution >= 0.6 is 0 Å². The highest BCUT2D eigenvalue weighted by molar-refractivity contribution is 5.83. The predicted octanol–water partition coefficient (Wildman–Crippen LogP) is 5.14. The molecular weight excluding hydrogens is 392 g/mol. The normalized spacial score (nSPS) is 10.8. The number of nitrogens with one attached hydrogen (secondary N) is 1. The third-order valence-electron chi connectivity index (χ3n) is 4.68. The molecule has 31 heavy (non-hydrogen) atoms. The summed E-state index contributed by atoms with van der Waals surface area (Å²) in [5, 5.41) is 3.99. The number of hydrogen-bond donors (Lipinski definition) is 1. The van der Waals surface area contributed by atoms with Crippen LogP contribution in [0.2, 0.25) is 0 Å². The van der Waals surface area contributed by atoms with Gasteiger partial charge in [0.15, 0.2) is 18.1 Å². The number of nitrogens with zero attached hydrogens (tertiary/aromatic N) is 1. The molecule has 0 fully saturated rings. The van der Waals surface area contributed by atoms with Crippen molar-refractivity contribution in [3.63, 3.8) is 0 Å². The van der Waals surface area contributed by atoms with E-state index in [1.807, 2.05) is 42.5 Å². The molecule has 0 saturated carbocycles. The Bertz CT molecular complexity index is 819. The fourth-order valence-corrected chi connectivity index (χ4v) is 3.00. The minimum absolute atomic E-state index is 0.0986. The summed E-state index contributed by atoms with van der Waals surface area (Å²) in [6.45, 7) is 4.90. The van der Waals surface area contributed by atoms with Crippen molar-refractivity contribution < 1.29 is 19.0 Å². The first-order valence-corrected chi connectivity index (χ1v) is 11.0. The Labute approximate surface area is 185 Å². The Morgan fingerprint density at radius 3 is 2.48 bits per heavy atom. The molecule has 6 heteroatoms. The van der Waals surface area contributed by atoms with Crippen molar-refractivity contribution in [1.82, 2.24) is 5.43 Å². The van der Waals surface area contributed by atoms with Crippen LogP contribution in [-0.4, -0.2) is 32.4 Å². The first-order chi connectivity index (χ1) is 15.2. The first-order valence-electron chi connectivity index (χ1n) is 11.0. The predicted molar refractivity (Wildman–Crippen MR) is 124 cm³/mol. The molecule has 0 aliphatic carbocycles. The molecule has 168 valence electrons. The zero-order valence-corrected chi connectivity index (χ0v) is 18.9. The molecule has 0 aliphatic rings. The lowest BCUT2D eigenvalue weighted by Gasteiger charge is -2.11. The summed E-state index contributed by atoms with van der Waals surface area (Å²) in [4.78, 5) is 12.0. The second-order valence-electron chi connectivity index (χ2n) is 7.30. The smallest absolute Gasteiger partial charge is 0.277 e. The molecule has 0 aliphatic heterocycles. The lowest BCUT2D eigenvalue weighted by molar-refractivity contribution is -0.123. The van der Waals surface area contributed by atoms with Crippen LogP contribution in [-0.2, 0) is 11.2 Å². The van der Waals surface area contributed by atoms with Gasteiger partial charge in [-0.05, 0) is 54.3 Å². The van der Waals surface area contributed by atoms with E-state index in [4.69, 9.17) is 14.2 Å². The molecule has 1 amide bonds. The van der Waals surface area contributed by atoms with E-state index in [-0.39, 0.29) is 12.5 Å². The van der Waals surface area contributed by atoms with E-state index in [9.17, 15) is 4.79 Å². The summed E-state index contributed by atoms with van der Waals surface area (Å²) in [7, 11) is 1.61. The van der Waals surface area contributed by atoms with Crippen LogP contribution in [0.15, 0.2) is 47.6 Å². The zero-order chi connectivity index (χ0) is 22.3. The lowest BCUT2D eigenvalue weighted by Crippen LogP contribution is -2.24. The lowest BCUT2D eigenvalue weighted by atomic mass is 10.1. The minimum Gasteiger partial charge on any atom is -0.493 e. The van der Waals surface area contributed by atoms with Gasteiger partial charge in [0.1, 0.15) is 5.75 Å². The molecule has 0 radical (unpaired) electrons. The number of methoxy groups -OCH3 is 1. The standard InChI is InChI=1S/C25H34N2O4/c1-4-6-7-8-16-30-23-15-12-21(17-24(23)29-3)18-26-27-25(28)19-31-22-13-10-20(9-5-2)11-14-22/h10-15,17-18H,4-9,16,19H2,1-3H3,(H,27,28)/b26-18+. The number of carbonyl (C=O) groups is 1. The molecule has 0 unspecified atom stereocenters. The summed E-state index contributed by atoms with van der Waals surface area (Å²) in [6.07, 6.45) is 8.30. The minimum atomic E-state index is -0.326. The quantitative estimate of drug-likeness (QED) is 0.258. The molecule has 0 spiro atoms. The summed E-state index contributed by atoms with van der Waals surface area (Å²) < 4.78 is 16.7. The molecule has 0 heterocycles. The number of hydrazone groups is 1. The molecule has 2 aromatic carbocycles. The van der Waals surface area contributed by atoms with Crippen molar-refractivity contribution in [2.45, 2.75) is 52.4 Å². The van der Waals surface area contributed by atoms with E-state index in [0.29, 0.717) is 23.9 Å². The Hall–Kier alpha value is -3.02. The molecule has 0 saturated heterocycles. The van der Waals surface area contributed by atoms with Gasteiger partial charge < -0.3 is 14.2 Å². The van der Waals surface area contributed by atoms with Crippen LogP contribution in [0.4, 0.5) is 0 Å². The number of unbranched alkanes of at least 4 members (excludes halogenated alkanes) is 3. The number of amides is 1.